The van der Waals surface area contributed by atoms with Crippen molar-refractivity contribution in [3.63, 3.8) is 0 Å². The van der Waals surface area contributed by atoms with Crippen molar-refractivity contribution in [2.75, 3.05) is 54.9 Å². The van der Waals surface area contributed by atoms with Gasteiger partial charge in [0.1, 0.15) is 13.2 Å². The van der Waals surface area contributed by atoms with E-state index in [0.29, 0.717) is 34.3 Å². The summed E-state index contributed by atoms with van der Waals surface area (Å²) in [5, 5.41) is 3.72. The molecule has 2 aromatic rings. The van der Waals surface area contributed by atoms with Gasteiger partial charge < -0.3 is 38.0 Å². The van der Waals surface area contributed by atoms with E-state index in [0.717, 1.165) is 0 Å². The van der Waals surface area contributed by atoms with Crippen molar-refractivity contribution in [3.05, 3.63) is 41.5 Å². The summed E-state index contributed by atoms with van der Waals surface area (Å²) in [6.07, 6.45) is 1.42. The fourth-order valence-electron chi connectivity index (χ4n) is 2.84. The van der Waals surface area contributed by atoms with E-state index in [2.05, 4.69) is 5.16 Å². The molecule has 0 saturated heterocycles. The SMILES string of the molecule is CCOC(=O)CO/N=C/c1ccc(OCCOC(=O)c2cc(OC)c(OC)c(OC)c2)c(OC)c1. The predicted molar refractivity (Wildman–Crippen MR) is 125 cm³/mol. The normalized spacial score (nSPS) is 10.4. The van der Waals surface area contributed by atoms with Crippen LogP contribution in [0.3, 0.4) is 0 Å². The van der Waals surface area contributed by atoms with Crippen LogP contribution in [0.1, 0.15) is 22.8 Å². The number of ether oxygens (including phenoxy) is 7. The molecule has 190 valence electrons. The highest BCUT2D eigenvalue weighted by molar-refractivity contribution is 5.91. The minimum Gasteiger partial charge on any atom is -0.493 e. The first-order valence-electron chi connectivity index (χ1n) is 10.6. The zero-order chi connectivity index (χ0) is 25.6. The molecule has 0 saturated carbocycles. The highest BCUT2D eigenvalue weighted by atomic mass is 16.7. The van der Waals surface area contributed by atoms with Crippen molar-refractivity contribution in [3.8, 4) is 28.7 Å². The highest BCUT2D eigenvalue weighted by Gasteiger charge is 2.18. The molecule has 0 amide bonds. The Morgan fingerprint density at radius 2 is 1.51 bits per heavy atom. The molecule has 0 unspecified atom stereocenters. The van der Waals surface area contributed by atoms with Crippen LogP contribution >= 0.6 is 0 Å². The van der Waals surface area contributed by atoms with Crippen LogP contribution in [-0.4, -0.2) is 73.0 Å². The van der Waals surface area contributed by atoms with Gasteiger partial charge in [0.25, 0.3) is 0 Å². The molecule has 0 aliphatic heterocycles. The first-order valence-corrected chi connectivity index (χ1v) is 10.6. The van der Waals surface area contributed by atoms with Gasteiger partial charge in [-0.05, 0) is 37.3 Å². The Balaban J connectivity index is 1.90. The van der Waals surface area contributed by atoms with Crippen LogP contribution < -0.4 is 23.7 Å². The molecule has 0 aliphatic carbocycles. The van der Waals surface area contributed by atoms with Crippen LogP contribution in [0.2, 0.25) is 0 Å². The minimum atomic E-state index is -0.575. The van der Waals surface area contributed by atoms with Gasteiger partial charge in [0.05, 0.1) is 46.8 Å². The van der Waals surface area contributed by atoms with Crippen LogP contribution in [0.5, 0.6) is 28.7 Å². The first kappa shape index (κ1) is 27.1. The summed E-state index contributed by atoms with van der Waals surface area (Å²) >= 11 is 0. The number of hydrogen-bond donors (Lipinski definition) is 0. The van der Waals surface area contributed by atoms with E-state index >= 15 is 0 Å². The Bertz CT molecular complexity index is 996. The van der Waals surface area contributed by atoms with Crippen molar-refractivity contribution >= 4 is 18.2 Å². The van der Waals surface area contributed by atoms with Gasteiger partial charge in [0.15, 0.2) is 23.0 Å². The van der Waals surface area contributed by atoms with Gasteiger partial charge in [0.2, 0.25) is 12.4 Å². The molecule has 0 aliphatic rings. The van der Waals surface area contributed by atoms with E-state index in [1.807, 2.05) is 0 Å². The number of carbonyl (C=O) groups is 2. The van der Waals surface area contributed by atoms with Crippen LogP contribution in [0.15, 0.2) is 35.5 Å². The molecule has 0 fully saturated rings. The topological polar surface area (TPSA) is 120 Å². The molecular formula is C24H29NO10. The second-order valence-electron chi connectivity index (χ2n) is 6.62. The zero-order valence-corrected chi connectivity index (χ0v) is 20.3. The van der Waals surface area contributed by atoms with E-state index in [-0.39, 0.29) is 32.0 Å². The van der Waals surface area contributed by atoms with Crippen LogP contribution in [0.25, 0.3) is 0 Å². The van der Waals surface area contributed by atoms with Gasteiger partial charge in [-0.25, -0.2) is 9.59 Å². The lowest BCUT2D eigenvalue weighted by molar-refractivity contribution is -0.148. The monoisotopic (exact) mass is 491 g/mol. The number of benzene rings is 2. The van der Waals surface area contributed by atoms with Crippen molar-refractivity contribution < 1.29 is 47.6 Å². The Morgan fingerprint density at radius 3 is 2.11 bits per heavy atom. The second kappa shape index (κ2) is 14.2. The van der Waals surface area contributed by atoms with E-state index < -0.39 is 11.9 Å². The van der Waals surface area contributed by atoms with Crippen molar-refractivity contribution in [1.82, 2.24) is 0 Å². The molecule has 0 spiro atoms. The summed E-state index contributed by atoms with van der Waals surface area (Å²) in [5.41, 5.74) is 0.901. The predicted octanol–water partition coefficient (Wildman–Crippen LogP) is 2.87. The average molecular weight is 491 g/mol. The van der Waals surface area contributed by atoms with Crippen LogP contribution in [0, 0.1) is 0 Å². The number of carbonyl (C=O) groups excluding carboxylic acids is 2. The molecule has 0 bridgehead atoms. The van der Waals surface area contributed by atoms with Gasteiger partial charge in [-0.2, -0.15) is 0 Å². The van der Waals surface area contributed by atoms with Gasteiger partial charge in [0, 0.05) is 5.56 Å². The van der Waals surface area contributed by atoms with Crippen molar-refractivity contribution in [2.24, 2.45) is 5.16 Å². The third-order valence-corrected chi connectivity index (χ3v) is 4.43. The number of hydrogen-bond acceptors (Lipinski definition) is 11. The number of esters is 2. The average Bonchev–Trinajstić information content (AvgIpc) is 2.88. The van der Waals surface area contributed by atoms with E-state index in [1.165, 1.54) is 46.8 Å². The molecule has 2 rings (SSSR count). The molecule has 2 aromatic carbocycles. The molecule has 0 atom stereocenters. The number of methoxy groups -OCH3 is 4. The third-order valence-electron chi connectivity index (χ3n) is 4.43. The van der Waals surface area contributed by atoms with Gasteiger partial charge in [-0.3, -0.25) is 0 Å². The summed E-state index contributed by atoms with van der Waals surface area (Å²) in [4.78, 5) is 28.6. The molecule has 11 heteroatoms. The maximum atomic E-state index is 12.5. The smallest absolute Gasteiger partial charge is 0.347 e. The molecule has 0 N–H and O–H groups in total. The lowest BCUT2D eigenvalue weighted by atomic mass is 10.2. The molecular weight excluding hydrogens is 462 g/mol. The maximum absolute atomic E-state index is 12.5. The fourth-order valence-corrected chi connectivity index (χ4v) is 2.84. The zero-order valence-electron chi connectivity index (χ0n) is 20.3. The molecule has 0 aromatic heterocycles. The summed E-state index contributed by atoms with van der Waals surface area (Å²) in [5.74, 6) is 0.868. The largest absolute Gasteiger partial charge is 0.493 e. The Morgan fingerprint density at radius 1 is 0.829 bits per heavy atom. The van der Waals surface area contributed by atoms with Crippen LogP contribution in [0.4, 0.5) is 0 Å². The second-order valence-corrected chi connectivity index (χ2v) is 6.62. The molecule has 0 heterocycles. The summed E-state index contributed by atoms with van der Waals surface area (Å²) in [6.45, 7) is 1.77. The van der Waals surface area contributed by atoms with E-state index in [1.54, 1.807) is 25.1 Å². The third kappa shape index (κ3) is 7.98. The standard InChI is InChI=1S/C24H29NO10/c1-6-32-22(26)15-35-25-14-16-7-8-18(19(11-16)28-2)33-9-10-34-24(27)17-12-20(29-3)23(31-5)21(13-17)30-4/h7-8,11-14H,6,9-10,15H2,1-5H3/b25-14+. The minimum absolute atomic E-state index is 0.0104. The molecule has 35 heavy (non-hydrogen) atoms. The Labute approximate surface area is 203 Å². The molecule has 0 radical (unpaired) electrons. The van der Waals surface area contributed by atoms with Crippen molar-refractivity contribution in [2.45, 2.75) is 6.92 Å². The van der Waals surface area contributed by atoms with Crippen molar-refractivity contribution in [1.29, 1.82) is 0 Å². The number of oxime groups is 1. The van der Waals surface area contributed by atoms with Gasteiger partial charge in [-0.15, -0.1) is 0 Å². The summed E-state index contributed by atoms with van der Waals surface area (Å²) in [6, 6.07) is 8.08. The lowest BCUT2D eigenvalue weighted by Gasteiger charge is -2.14. The first-order chi connectivity index (χ1) is 17.0. The molecule has 11 nitrogen and oxygen atoms in total. The van der Waals surface area contributed by atoms with E-state index in [9.17, 15) is 9.59 Å². The van der Waals surface area contributed by atoms with Gasteiger partial charge >= 0.3 is 11.9 Å². The lowest BCUT2D eigenvalue weighted by Crippen LogP contribution is -2.13. The maximum Gasteiger partial charge on any atom is 0.347 e. The Hall–Kier alpha value is -4.15. The quantitative estimate of drug-likeness (QED) is 0.169. The summed E-state index contributed by atoms with van der Waals surface area (Å²) < 4.78 is 36.8. The Kier molecular flexibility index (Phi) is 11.0. The fraction of sp³-hybridized carbons (Fsp3) is 0.375. The van der Waals surface area contributed by atoms with E-state index in [4.69, 9.17) is 38.0 Å². The van der Waals surface area contributed by atoms with Crippen LogP contribution in [-0.2, 0) is 19.1 Å². The highest BCUT2D eigenvalue weighted by Crippen LogP contribution is 2.38. The number of rotatable bonds is 14. The number of nitrogens with zero attached hydrogens (tertiary/aromatic N) is 1. The summed E-state index contributed by atoms with van der Waals surface area (Å²) in [7, 11) is 5.89. The van der Waals surface area contributed by atoms with Gasteiger partial charge in [-0.1, -0.05) is 5.16 Å².